The summed E-state index contributed by atoms with van der Waals surface area (Å²) in [7, 11) is 1.32. The topological polar surface area (TPSA) is 68.7 Å². The Morgan fingerprint density at radius 3 is 2.72 bits per heavy atom. The highest BCUT2D eigenvalue weighted by molar-refractivity contribution is 7.09. The molecule has 2 aromatic carbocycles. The van der Waals surface area contributed by atoms with Crippen LogP contribution in [0.5, 0.6) is 0 Å². The molecular weight excluding hydrogens is 388 g/mol. The maximum atomic E-state index is 13.4. The summed E-state index contributed by atoms with van der Waals surface area (Å²) in [6.45, 7) is 4.04. The van der Waals surface area contributed by atoms with Gasteiger partial charge >= 0.3 is 5.97 Å². The van der Waals surface area contributed by atoms with E-state index in [0.29, 0.717) is 36.9 Å². The fourth-order valence-corrected chi connectivity index (χ4v) is 3.86. The van der Waals surface area contributed by atoms with Crippen LogP contribution in [-0.4, -0.2) is 48.6 Å². The molecule has 1 amide bonds. The van der Waals surface area contributed by atoms with Crippen LogP contribution < -0.4 is 0 Å². The predicted molar refractivity (Wildman–Crippen MR) is 113 cm³/mol. The van der Waals surface area contributed by atoms with Gasteiger partial charge in [0.15, 0.2) is 5.69 Å². The zero-order valence-corrected chi connectivity index (χ0v) is 17.4. The maximum absolute atomic E-state index is 13.4. The highest BCUT2D eigenvalue weighted by Crippen LogP contribution is 2.22. The lowest BCUT2D eigenvalue weighted by molar-refractivity contribution is 0.0594. The molecular formula is C22H24N2O4S. The Morgan fingerprint density at radius 2 is 1.93 bits per heavy atom. The summed E-state index contributed by atoms with van der Waals surface area (Å²) in [5, 5.41) is 4.29. The Kier molecular flexibility index (Phi) is 7.32. The molecule has 152 valence electrons. The number of carbonyl (C=O) groups excluding carboxylic acids is 2. The molecule has 0 saturated heterocycles. The normalized spacial score (nSPS) is 10.8. The molecule has 0 atom stereocenters. The number of aromatic nitrogens is 1. The van der Waals surface area contributed by atoms with E-state index in [4.69, 9.17) is 9.47 Å². The average molecular weight is 413 g/mol. The summed E-state index contributed by atoms with van der Waals surface area (Å²) in [6.07, 6.45) is 0.722. The van der Waals surface area contributed by atoms with E-state index < -0.39 is 5.97 Å². The van der Waals surface area contributed by atoms with Crippen molar-refractivity contribution in [2.75, 3.05) is 26.9 Å². The Hall–Kier alpha value is -2.77. The summed E-state index contributed by atoms with van der Waals surface area (Å²) in [6, 6.07) is 13.6. The number of methoxy groups -OCH3 is 1. The standard InChI is InChI=1S/C22H24N2O4S/c1-3-28-13-7-12-24(14-20-23-19(15-29-20)22(26)27-2)21(25)18-11-6-9-16-8-4-5-10-17(16)18/h4-6,8-11,15H,3,7,12-14H2,1-2H3. The van der Waals surface area contributed by atoms with Crippen molar-refractivity contribution in [3.05, 3.63) is 64.1 Å². The first-order chi connectivity index (χ1) is 14.1. The van der Waals surface area contributed by atoms with Gasteiger partial charge in [0, 0.05) is 30.7 Å². The number of thiazole rings is 1. The van der Waals surface area contributed by atoms with E-state index in [-0.39, 0.29) is 11.6 Å². The number of esters is 1. The summed E-state index contributed by atoms with van der Waals surface area (Å²) in [5.74, 6) is -0.538. The van der Waals surface area contributed by atoms with Gasteiger partial charge in [-0.2, -0.15) is 0 Å². The number of ether oxygens (including phenoxy) is 2. The SMILES string of the molecule is CCOCCCN(Cc1nc(C(=O)OC)cs1)C(=O)c1cccc2ccccc12. The number of nitrogens with zero attached hydrogens (tertiary/aromatic N) is 2. The number of hydrogen-bond donors (Lipinski definition) is 0. The minimum atomic E-state index is -0.476. The number of fused-ring (bicyclic) bond motifs is 1. The van der Waals surface area contributed by atoms with E-state index in [1.807, 2.05) is 49.4 Å². The van der Waals surface area contributed by atoms with Crippen molar-refractivity contribution < 1.29 is 19.1 Å². The molecule has 3 aromatic rings. The zero-order valence-electron chi connectivity index (χ0n) is 16.6. The van der Waals surface area contributed by atoms with Gasteiger partial charge < -0.3 is 14.4 Å². The minimum Gasteiger partial charge on any atom is -0.464 e. The predicted octanol–water partition coefficient (Wildman–Crippen LogP) is 4.15. The van der Waals surface area contributed by atoms with E-state index in [1.54, 1.807) is 10.3 Å². The van der Waals surface area contributed by atoms with Crippen LogP contribution in [0.2, 0.25) is 0 Å². The molecule has 0 fully saturated rings. The molecule has 0 spiro atoms. The number of benzene rings is 2. The smallest absolute Gasteiger partial charge is 0.357 e. The quantitative estimate of drug-likeness (QED) is 0.390. The molecule has 1 heterocycles. The molecule has 0 saturated carbocycles. The van der Waals surface area contributed by atoms with E-state index in [0.717, 1.165) is 17.2 Å². The van der Waals surface area contributed by atoms with Gasteiger partial charge in [-0.3, -0.25) is 4.79 Å². The van der Waals surface area contributed by atoms with Crippen LogP contribution in [0.25, 0.3) is 10.8 Å². The fourth-order valence-electron chi connectivity index (χ4n) is 3.08. The first-order valence-electron chi connectivity index (χ1n) is 9.51. The van der Waals surface area contributed by atoms with Crippen molar-refractivity contribution in [3.63, 3.8) is 0 Å². The van der Waals surface area contributed by atoms with Crippen LogP contribution in [0.1, 0.15) is 39.2 Å². The van der Waals surface area contributed by atoms with Gasteiger partial charge in [-0.15, -0.1) is 11.3 Å². The molecule has 1 aromatic heterocycles. The van der Waals surface area contributed by atoms with E-state index in [1.165, 1.54) is 18.4 Å². The molecule has 0 radical (unpaired) electrons. The molecule has 0 aliphatic rings. The molecule has 6 nitrogen and oxygen atoms in total. The maximum Gasteiger partial charge on any atom is 0.357 e. The van der Waals surface area contributed by atoms with Crippen molar-refractivity contribution in [1.82, 2.24) is 9.88 Å². The number of rotatable bonds is 9. The lowest BCUT2D eigenvalue weighted by Gasteiger charge is -2.22. The zero-order chi connectivity index (χ0) is 20.6. The van der Waals surface area contributed by atoms with Gasteiger partial charge in [0.2, 0.25) is 0 Å². The van der Waals surface area contributed by atoms with Crippen molar-refractivity contribution in [1.29, 1.82) is 0 Å². The van der Waals surface area contributed by atoms with Gasteiger partial charge in [-0.1, -0.05) is 36.4 Å². The first-order valence-corrected chi connectivity index (χ1v) is 10.4. The molecule has 29 heavy (non-hydrogen) atoms. The third-order valence-corrected chi connectivity index (χ3v) is 5.33. The minimum absolute atomic E-state index is 0.0619. The molecule has 0 N–H and O–H groups in total. The Balaban J connectivity index is 1.84. The van der Waals surface area contributed by atoms with E-state index in [9.17, 15) is 9.59 Å². The van der Waals surface area contributed by atoms with Gasteiger partial charge in [-0.05, 0) is 30.2 Å². The molecule has 3 rings (SSSR count). The van der Waals surface area contributed by atoms with Crippen molar-refractivity contribution >= 4 is 34.0 Å². The largest absolute Gasteiger partial charge is 0.464 e. The lowest BCUT2D eigenvalue weighted by atomic mass is 10.0. The van der Waals surface area contributed by atoms with Crippen molar-refractivity contribution in [3.8, 4) is 0 Å². The summed E-state index contributed by atoms with van der Waals surface area (Å²) in [4.78, 5) is 31.2. The third kappa shape index (κ3) is 5.19. The first kappa shape index (κ1) is 21.0. The average Bonchev–Trinajstić information content (AvgIpc) is 3.23. The molecule has 7 heteroatoms. The summed E-state index contributed by atoms with van der Waals surface area (Å²) < 4.78 is 10.1. The Labute approximate surface area is 174 Å². The monoisotopic (exact) mass is 412 g/mol. The second-order valence-corrected chi connectivity index (χ2v) is 7.36. The van der Waals surface area contributed by atoms with Crippen LogP contribution in [0.15, 0.2) is 47.8 Å². The van der Waals surface area contributed by atoms with Crippen LogP contribution >= 0.6 is 11.3 Å². The molecule has 0 aliphatic heterocycles. The van der Waals surface area contributed by atoms with E-state index >= 15 is 0 Å². The summed E-state index contributed by atoms with van der Waals surface area (Å²) in [5.41, 5.74) is 0.920. The second-order valence-electron chi connectivity index (χ2n) is 6.42. The molecule has 0 unspecified atom stereocenters. The van der Waals surface area contributed by atoms with Gasteiger partial charge in [0.25, 0.3) is 5.91 Å². The fraction of sp³-hybridized carbons (Fsp3) is 0.318. The number of carbonyl (C=O) groups is 2. The van der Waals surface area contributed by atoms with Gasteiger partial charge in [0.1, 0.15) is 5.01 Å². The highest BCUT2D eigenvalue weighted by Gasteiger charge is 2.20. The van der Waals surface area contributed by atoms with Crippen LogP contribution in [0.4, 0.5) is 0 Å². The second kappa shape index (κ2) is 10.1. The molecule has 0 bridgehead atoms. The molecule has 0 aliphatic carbocycles. The Morgan fingerprint density at radius 1 is 1.14 bits per heavy atom. The van der Waals surface area contributed by atoms with Crippen LogP contribution in [0.3, 0.4) is 0 Å². The number of hydrogen-bond acceptors (Lipinski definition) is 6. The Bertz CT molecular complexity index is 980. The number of amides is 1. The van der Waals surface area contributed by atoms with Gasteiger partial charge in [-0.25, -0.2) is 9.78 Å². The highest BCUT2D eigenvalue weighted by atomic mass is 32.1. The van der Waals surface area contributed by atoms with E-state index in [2.05, 4.69) is 4.98 Å². The van der Waals surface area contributed by atoms with Crippen LogP contribution in [0, 0.1) is 0 Å². The third-order valence-electron chi connectivity index (χ3n) is 4.50. The van der Waals surface area contributed by atoms with Gasteiger partial charge in [0.05, 0.1) is 13.7 Å². The van der Waals surface area contributed by atoms with Crippen molar-refractivity contribution in [2.45, 2.75) is 19.9 Å². The van der Waals surface area contributed by atoms with Crippen molar-refractivity contribution in [2.24, 2.45) is 0 Å². The van der Waals surface area contributed by atoms with Crippen LogP contribution in [-0.2, 0) is 16.0 Å². The summed E-state index contributed by atoms with van der Waals surface area (Å²) >= 11 is 1.34. The lowest BCUT2D eigenvalue weighted by Crippen LogP contribution is -2.32.